The zero-order chi connectivity index (χ0) is 13.7. The van der Waals surface area contributed by atoms with Gasteiger partial charge < -0.3 is 10.6 Å². The average Bonchev–Trinajstić information content (AvgIpc) is 2.28. The normalized spacial score (nSPS) is 12.1. The van der Waals surface area contributed by atoms with E-state index in [2.05, 4.69) is 17.2 Å². The maximum atomic E-state index is 13.8. The molecule has 0 aliphatic rings. The van der Waals surface area contributed by atoms with Crippen LogP contribution in [0.1, 0.15) is 19.4 Å². The molecule has 2 nitrogen and oxygen atoms in total. The summed E-state index contributed by atoms with van der Waals surface area (Å²) in [6.45, 7) is 6.87. The molecule has 5 heteroatoms. The van der Waals surface area contributed by atoms with Gasteiger partial charge in [0.05, 0.1) is 11.6 Å². The molecule has 1 atom stereocenters. The topological polar surface area (TPSA) is 24.1 Å². The SMILES string of the molecule is C=C(NCC)c1c(F)cc(NC(C)CF)cc1F. The quantitative estimate of drug-likeness (QED) is 0.818. The molecule has 0 aliphatic heterocycles. The molecule has 2 N–H and O–H groups in total. The molecular weight excluding hydrogens is 241 g/mol. The number of rotatable bonds is 6. The summed E-state index contributed by atoms with van der Waals surface area (Å²) < 4.78 is 39.8. The van der Waals surface area contributed by atoms with Crippen LogP contribution in [-0.2, 0) is 0 Å². The second-order valence-electron chi connectivity index (χ2n) is 4.02. The van der Waals surface area contributed by atoms with Gasteiger partial charge in [0.2, 0.25) is 0 Å². The molecule has 0 spiro atoms. The number of alkyl halides is 1. The highest BCUT2D eigenvalue weighted by Gasteiger charge is 2.14. The van der Waals surface area contributed by atoms with E-state index < -0.39 is 24.4 Å². The summed E-state index contributed by atoms with van der Waals surface area (Å²) in [5.41, 5.74) is 0.219. The van der Waals surface area contributed by atoms with Crippen molar-refractivity contribution in [1.82, 2.24) is 5.32 Å². The van der Waals surface area contributed by atoms with Crippen LogP contribution in [0.2, 0.25) is 0 Å². The molecule has 0 radical (unpaired) electrons. The number of halogens is 3. The van der Waals surface area contributed by atoms with E-state index in [1.807, 2.05) is 0 Å². The van der Waals surface area contributed by atoms with Gasteiger partial charge in [0.1, 0.15) is 18.3 Å². The van der Waals surface area contributed by atoms with E-state index in [-0.39, 0.29) is 16.9 Å². The van der Waals surface area contributed by atoms with Crippen molar-refractivity contribution in [2.75, 3.05) is 18.5 Å². The van der Waals surface area contributed by atoms with Crippen LogP contribution in [0.25, 0.3) is 5.70 Å². The van der Waals surface area contributed by atoms with E-state index in [1.54, 1.807) is 13.8 Å². The molecule has 0 fully saturated rings. The van der Waals surface area contributed by atoms with Crippen molar-refractivity contribution in [2.45, 2.75) is 19.9 Å². The summed E-state index contributed by atoms with van der Waals surface area (Å²) in [6.07, 6.45) is 0. The first-order chi connectivity index (χ1) is 8.49. The summed E-state index contributed by atoms with van der Waals surface area (Å²) >= 11 is 0. The first-order valence-electron chi connectivity index (χ1n) is 5.74. The Labute approximate surface area is 105 Å². The second kappa shape index (κ2) is 6.33. The van der Waals surface area contributed by atoms with Crippen molar-refractivity contribution in [3.8, 4) is 0 Å². The van der Waals surface area contributed by atoms with Crippen molar-refractivity contribution >= 4 is 11.4 Å². The number of hydrogen-bond acceptors (Lipinski definition) is 2. The summed E-state index contributed by atoms with van der Waals surface area (Å²) in [7, 11) is 0. The molecule has 0 amide bonds. The zero-order valence-electron chi connectivity index (χ0n) is 10.5. The van der Waals surface area contributed by atoms with Crippen molar-refractivity contribution in [2.24, 2.45) is 0 Å². The van der Waals surface area contributed by atoms with Crippen LogP contribution >= 0.6 is 0 Å². The summed E-state index contributed by atoms with van der Waals surface area (Å²) in [5, 5.41) is 5.43. The van der Waals surface area contributed by atoms with Crippen LogP contribution in [0.15, 0.2) is 18.7 Å². The van der Waals surface area contributed by atoms with E-state index in [1.165, 1.54) is 0 Å². The van der Waals surface area contributed by atoms with Gasteiger partial charge in [-0.2, -0.15) is 0 Å². The molecule has 0 saturated heterocycles. The van der Waals surface area contributed by atoms with Crippen LogP contribution in [-0.4, -0.2) is 19.3 Å². The van der Waals surface area contributed by atoms with Crippen LogP contribution in [0.3, 0.4) is 0 Å². The van der Waals surface area contributed by atoms with Crippen molar-refractivity contribution in [3.63, 3.8) is 0 Å². The van der Waals surface area contributed by atoms with E-state index in [9.17, 15) is 13.2 Å². The Kier molecular flexibility index (Phi) is 5.07. The molecule has 18 heavy (non-hydrogen) atoms. The van der Waals surface area contributed by atoms with Crippen molar-refractivity contribution in [1.29, 1.82) is 0 Å². The fourth-order valence-corrected chi connectivity index (χ4v) is 1.57. The molecule has 0 heterocycles. The van der Waals surface area contributed by atoms with Crippen LogP contribution < -0.4 is 10.6 Å². The van der Waals surface area contributed by atoms with Gasteiger partial charge in [0, 0.05) is 17.9 Å². The van der Waals surface area contributed by atoms with Gasteiger partial charge in [0.25, 0.3) is 0 Å². The van der Waals surface area contributed by atoms with E-state index in [4.69, 9.17) is 0 Å². The molecule has 0 bridgehead atoms. The third-order valence-electron chi connectivity index (χ3n) is 2.38. The minimum absolute atomic E-state index is 0.185. The zero-order valence-corrected chi connectivity index (χ0v) is 10.5. The Morgan fingerprint density at radius 3 is 2.33 bits per heavy atom. The Bertz CT molecular complexity index is 409. The Morgan fingerprint density at radius 1 is 1.33 bits per heavy atom. The van der Waals surface area contributed by atoms with Gasteiger partial charge in [-0.05, 0) is 26.0 Å². The Balaban J connectivity index is 3.01. The van der Waals surface area contributed by atoms with Crippen LogP contribution in [0.4, 0.5) is 18.9 Å². The van der Waals surface area contributed by atoms with Gasteiger partial charge >= 0.3 is 0 Å². The highest BCUT2D eigenvalue weighted by Crippen LogP contribution is 2.23. The van der Waals surface area contributed by atoms with Gasteiger partial charge in [-0.1, -0.05) is 6.58 Å². The molecule has 1 aromatic carbocycles. The van der Waals surface area contributed by atoms with Gasteiger partial charge in [-0.3, -0.25) is 0 Å². The van der Waals surface area contributed by atoms with Crippen LogP contribution in [0, 0.1) is 11.6 Å². The van der Waals surface area contributed by atoms with Crippen LogP contribution in [0.5, 0.6) is 0 Å². The number of benzene rings is 1. The molecule has 1 unspecified atom stereocenters. The average molecular weight is 258 g/mol. The van der Waals surface area contributed by atoms with E-state index in [0.29, 0.717) is 6.54 Å². The fraction of sp³-hybridized carbons (Fsp3) is 0.385. The maximum absolute atomic E-state index is 13.8. The molecule has 1 aromatic rings. The third-order valence-corrected chi connectivity index (χ3v) is 2.38. The molecule has 100 valence electrons. The largest absolute Gasteiger partial charge is 0.385 e. The number of anilines is 1. The standard InChI is InChI=1S/C13H17F3N2/c1-4-17-9(3)13-11(15)5-10(6-12(13)16)18-8(2)7-14/h5-6,8,17-18H,3-4,7H2,1-2H3. The second-order valence-corrected chi connectivity index (χ2v) is 4.02. The third kappa shape index (κ3) is 3.42. The predicted octanol–water partition coefficient (Wildman–Crippen LogP) is 3.31. The van der Waals surface area contributed by atoms with Crippen molar-refractivity contribution < 1.29 is 13.2 Å². The summed E-state index contributed by atoms with van der Waals surface area (Å²) in [5.74, 6) is -1.45. The molecule has 0 aromatic heterocycles. The lowest BCUT2D eigenvalue weighted by molar-refractivity contribution is 0.460. The summed E-state index contributed by atoms with van der Waals surface area (Å²) in [6, 6.07) is 1.77. The molecule has 1 rings (SSSR count). The van der Waals surface area contributed by atoms with Crippen molar-refractivity contribution in [3.05, 3.63) is 35.9 Å². The number of nitrogens with one attached hydrogen (secondary N) is 2. The predicted molar refractivity (Wildman–Crippen MR) is 68.1 cm³/mol. The highest BCUT2D eigenvalue weighted by molar-refractivity contribution is 5.65. The summed E-state index contributed by atoms with van der Waals surface area (Å²) in [4.78, 5) is 0. The fourth-order valence-electron chi connectivity index (χ4n) is 1.57. The Hall–Kier alpha value is -1.65. The number of hydrogen-bond donors (Lipinski definition) is 2. The Morgan fingerprint density at radius 2 is 1.89 bits per heavy atom. The van der Waals surface area contributed by atoms with E-state index in [0.717, 1.165) is 12.1 Å². The minimum Gasteiger partial charge on any atom is -0.385 e. The van der Waals surface area contributed by atoms with Gasteiger partial charge in [-0.25, -0.2) is 13.2 Å². The lowest BCUT2D eigenvalue weighted by Gasteiger charge is -2.15. The molecule has 0 saturated carbocycles. The molecular formula is C13H17F3N2. The van der Waals surface area contributed by atoms with E-state index >= 15 is 0 Å². The maximum Gasteiger partial charge on any atom is 0.137 e. The first-order valence-corrected chi connectivity index (χ1v) is 5.74. The monoisotopic (exact) mass is 258 g/mol. The lowest BCUT2D eigenvalue weighted by atomic mass is 10.1. The highest BCUT2D eigenvalue weighted by atomic mass is 19.1. The first kappa shape index (κ1) is 14.4. The van der Waals surface area contributed by atoms with Gasteiger partial charge in [0.15, 0.2) is 0 Å². The van der Waals surface area contributed by atoms with Gasteiger partial charge in [-0.15, -0.1) is 0 Å². The molecule has 0 aliphatic carbocycles. The minimum atomic E-state index is -0.727. The lowest BCUT2D eigenvalue weighted by Crippen LogP contribution is -2.18. The smallest absolute Gasteiger partial charge is 0.137 e.